The smallest absolute Gasteiger partial charge is 0.355 e. The Hall–Kier alpha value is -2.87. The summed E-state index contributed by atoms with van der Waals surface area (Å²) >= 11 is 5.95. The van der Waals surface area contributed by atoms with Gasteiger partial charge in [0.25, 0.3) is 0 Å². The van der Waals surface area contributed by atoms with Gasteiger partial charge >= 0.3 is 5.97 Å². The van der Waals surface area contributed by atoms with E-state index in [-0.39, 0.29) is 28.0 Å². The number of rotatable bonds is 5. The van der Waals surface area contributed by atoms with Gasteiger partial charge in [-0.05, 0) is 67.8 Å². The summed E-state index contributed by atoms with van der Waals surface area (Å²) in [5, 5.41) is 9.20. The standard InChI is InChI=1S/C22H19ClFN2O3P/c1-4-29-22(27)20-21(18-17(26-20)8-7-16(23)19(18)24)30(28)15-10-12(2)13(3)14(11-15)6-5-9-25/h5-8,10-11,26,30H,4H2,1-3H3. The van der Waals surface area contributed by atoms with Crippen molar-refractivity contribution in [2.75, 3.05) is 6.61 Å². The molecule has 1 atom stereocenters. The molecule has 3 aromatic rings. The monoisotopic (exact) mass is 444 g/mol. The van der Waals surface area contributed by atoms with Crippen LogP contribution in [0, 0.1) is 31.0 Å². The zero-order valence-electron chi connectivity index (χ0n) is 16.6. The number of H-pyrrole nitrogens is 1. The van der Waals surface area contributed by atoms with Crippen molar-refractivity contribution in [2.24, 2.45) is 0 Å². The molecule has 1 heterocycles. The third kappa shape index (κ3) is 3.92. The van der Waals surface area contributed by atoms with Gasteiger partial charge in [-0.15, -0.1) is 0 Å². The topological polar surface area (TPSA) is 83.0 Å². The van der Waals surface area contributed by atoms with Crippen LogP contribution in [0.5, 0.6) is 0 Å². The quantitative estimate of drug-likeness (QED) is 0.348. The number of aromatic amines is 1. The minimum atomic E-state index is -2.84. The van der Waals surface area contributed by atoms with Crippen LogP contribution in [0.1, 0.15) is 34.1 Å². The van der Waals surface area contributed by atoms with Gasteiger partial charge in [-0.2, -0.15) is 5.26 Å². The van der Waals surface area contributed by atoms with Gasteiger partial charge in [0, 0.05) is 22.3 Å². The fourth-order valence-electron chi connectivity index (χ4n) is 3.27. The van der Waals surface area contributed by atoms with Crippen molar-refractivity contribution in [1.29, 1.82) is 5.26 Å². The van der Waals surface area contributed by atoms with Crippen LogP contribution in [0.2, 0.25) is 5.02 Å². The fraction of sp³-hybridized carbons (Fsp3) is 0.182. The first-order valence-electron chi connectivity index (χ1n) is 9.19. The molecule has 1 aromatic heterocycles. The molecule has 3 rings (SSSR count). The normalized spacial score (nSPS) is 12.3. The van der Waals surface area contributed by atoms with Crippen LogP contribution >= 0.6 is 19.4 Å². The Labute approximate surface area is 178 Å². The zero-order valence-corrected chi connectivity index (χ0v) is 18.4. The van der Waals surface area contributed by atoms with Crippen molar-refractivity contribution in [3.05, 3.63) is 63.6 Å². The van der Waals surface area contributed by atoms with E-state index in [4.69, 9.17) is 21.6 Å². The summed E-state index contributed by atoms with van der Waals surface area (Å²) in [6.45, 7) is 5.52. The molecule has 154 valence electrons. The Morgan fingerprint density at radius 3 is 2.77 bits per heavy atom. The van der Waals surface area contributed by atoms with Gasteiger partial charge in [-0.1, -0.05) is 11.6 Å². The molecule has 1 N–H and O–H groups in total. The van der Waals surface area contributed by atoms with E-state index in [1.165, 1.54) is 18.2 Å². The van der Waals surface area contributed by atoms with Crippen molar-refractivity contribution in [1.82, 2.24) is 4.98 Å². The highest BCUT2D eigenvalue weighted by molar-refractivity contribution is 7.62. The molecule has 0 saturated carbocycles. The molecule has 0 fully saturated rings. The van der Waals surface area contributed by atoms with E-state index >= 15 is 0 Å². The SMILES string of the molecule is CCOC(=O)c1[nH]c2ccc(Cl)c(F)c2c1[PH](=O)c1cc(C)c(C)c(C=CC#N)c1. The first kappa shape index (κ1) is 21.8. The maximum Gasteiger partial charge on any atom is 0.355 e. The maximum atomic E-state index is 14.9. The number of allylic oxidation sites excluding steroid dienone is 1. The average molecular weight is 445 g/mol. The first-order valence-corrected chi connectivity index (χ1v) is 11.0. The number of nitrogens with one attached hydrogen (secondary N) is 1. The lowest BCUT2D eigenvalue weighted by Crippen LogP contribution is -2.18. The van der Waals surface area contributed by atoms with Gasteiger partial charge in [0.2, 0.25) is 0 Å². The van der Waals surface area contributed by atoms with Gasteiger partial charge in [0.05, 0.1) is 23.0 Å². The molecule has 0 aliphatic carbocycles. The van der Waals surface area contributed by atoms with E-state index in [0.29, 0.717) is 10.8 Å². The molecule has 8 heteroatoms. The number of hydrogen-bond acceptors (Lipinski definition) is 4. The number of aromatic nitrogens is 1. The summed E-state index contributed by atoms with van der Waals surface area (Å²) in [6, 6.07) is 8.27. The van der Waals surface area contributed by atoms with Crippen molar-refractivity contribution in [3.8, 4) is 6.07 Å². The zero-order chi connectivity index (χ0) is 22.0. The summed E-state index contributed by atoms with van der Waals surface area (Å²) in [4.78, 5) is 15.4. The summed E-state index contributed by atoms with van der Waals surface area (Å²) in [7, 11) is -2.84. The number of nitrogens with zero attached hydrogens (tertiary/aromatic N) is 1. The molecule has 0 saturated heterocycles. The molecule has 2 aromatic carbocycles. The Balaban J connectivity index is 2.29. The number of fused-ring (bicyclic) bond motifs is 1. The van der Waals surface area contributed by atoms with E-state index in [9.17, 15) is 13.8 Å². The van der Waals surface area contributed by atoms with Crippen molar-refractivity contribution < 1.29 is 18.5 Å². The summed E-state index contributed by atoms with van der Waals surface area (Å²) < 4.78 is 33.7. The molecule has 0 radical (unpaired) electrons. The minimum absolute atomic E-state index is 0.0155. The number of carbonyl (C=O) groups excluding carboxylic acids is 1. The van der Waals surface area contributed by atoms with E-state index < -0.39 is 19.6 Å². The van der Waals surface area contributed by atoms with Crippen LogP contribution in [0.4, 0.5) is 4.39 Å². The lowest BCUT2D eigenvalue weighted by molar-refractivity contribution is 0.0522. The van der Waals surface area contributed by atoms with Gasteiger partial charge in [-0.25, -0.2) is 9.18 Å². The molecular weight excluding hydrogens is 426 g/mol. The highest BCUT2D eigenvalue weighted by Crippen LogP contribution is 2.33. The highest BCUT2D eigenvalue weighted by atomic mass is 35.5. The van der Waals surface area contributed by atoms with E-state index in [0.717, 1.165) is 16.7 Å². The number of halogens is 2. The molecule has 1 unspecified atom stereocenters. The molecule has 0 amide bonds. The molecule has 5 nitrogen and oxygen atoms in total. The highest BCUT2D eigenvalue weighted by Gasteiger charge is 2.27. The number of nitriles is 1. The summed E-state index contributed by atoms with van der Waals surface area (Å²) in [5.41, 5.74) is 2.77. The Bertz CT molecular complexity index is 1260. The number of ether oxygens (including phenoxy) is 1. The second kappa shape index (κ2) is 8.87. The summed E-state index contributed by atoms with van der Waals surface area (Å²) in [5.74, 6) is -1.46. The van der Waals surface area contributed by atoms with E-state index in [1.807, 2.05) is 19.9 Å². The lowest BCUT2D eigenvalue weighted by Gasteiger charge is -2.11. The number of hydrogen-bond donors (Lipinski definition) is 1. The van der Waals surface area contributed by atoms with Crippen LogP contribution in [0.15, 0.2) is 30.3 Å². The maximum absolute atomic E-state index is 14.9. The second-order valence-corrected chi connectivity index (χ2v) is 8.82. The van der Waals surface area contributed by atoms with Crippen molar-refractivity contribution >= 4 is 53.0 Å². The number of carbonyl (C=O) groups is 1. The van der Waals surface area contributed by atoms with Crippen LogP contribution in [0.25, 0.3) is 17.0 Å². The third-order valence-electron chi connectivity index (χ3n) is 4.87. The number of benzene rings is 2. The Kier molecular flexibility index (Phi) is 6.45. The predicted octanol–water partition coefficient (Wildman–Crippen LogP) is 4.80. The number of esters is 1. The van der Waals surface area contributed by atoms with Crippen molar-refractivity contribution in [3.63, 3.8) is 0 Å². The molecule has 30 heavy (non-hydrogen) atoms. The molecule has 0 aliphatic rings. The minimum Gasteiger partial charge on any atom is -0.461 e. The molecular formula is C22H19ClFN2O3P. The predicted molar refractivity (Wildman–Crippen MR) is 118 cm³/mol. The van der Waals surface area contributed by atoms with Crippen LogP contribution in [-0.2, 0) is 9.30 Å². The van der Waals surface area contributed by atoms with Gasteiger partial charge in [0.15, 0.2) is 5.82 Å². The van der Waals surface area contributed by atoms with Crippen LogP contribution < -0.4 is 10.6 Å². The Morgan fingerprint density at radius 1 is 1.37 bits per heavy atom. The largest absolute Gasteiger partial charge is 0.461 e. The van der Waals surface area contributed by atoms with Crippen LogP contribution in [0.3, 0.4) is 0 Å². The van der Waals surface area contributed by atoms with Gasteiger partial charge in [0.1, 0.15) is 13.5 Å². The second-order valence-electron chi connectivity index (χ2n) is 6.68. The number of aryl methyl sites for hydroxylation is 1. The van der Waals surface area contributed by atoms with Gasteiger partial charge in [-0.3, -0.25) is 0 Å². The van der Waals surface area contributed by atoms with Gasteiger partial charge < -0.3 is 14.3 Å². The van der Waals surface area contributed by atoms with Crippen LogP contribution in [-0.4, -0.2) is 17.6 Å². The Morgan fingerprint density at radius 2 is 2.10 bits per heavy atom. The van der Waals surface area contributed by atoms with E-state index in [2.05, 4.69) is 4.98 Å². The first-order chi connectivity index (χ1) is 14.3. The summed E-state index contributed by atoms with van der Waals surface area (Å²) in [6.07, 6.45) is 2.96. The molecule has 0 bridgehead atoms. The average Bonchev–Trinajstić information content (AvgIpc) is 3.11. The van der Waals surface area contributed by atoms with E-state index in [1.54, 1.807) is 25.1 Å². The molecule has 0 aliphatic heterocycles. The lowest BCUT2D eigenvalue weighted by atomic mass is 10.0. The van der Waals surface area contributed by atoms with Crippen molar-refractivity contribution in [2.45, 2.75) is 20.8 Å². The fourth-order valence-corrected chi connectivity index (χ4v) is 5.21. The molecule has 0 spiro atoms. The third-order valence-corrected chi connectivity index (χ3v) is 6.93.